The van der Waals surface area contributed by atoms with Gasteiger partial charge in [-0.05, 0) is 6.42 Å². The maximum atomic E-state index is 12.1. The lowest BCUT2D eigenvalue weighted by Gasteiger charge is -2.02. The van der Waals surface area contributed by atoms with E-state index in [4.69, 9.17) is 5.11 Å². The van der Waals surface area contributed by atoms with Crippen LogP contribution in [0.3, 0.4) is 0 Å². The molecule has 0 aliphatic rings. The van der Waals surface area contributed by atoms with Gasteiger partial charge in [0.25, 0.3) is 5.56 Å². The van der Waals surface area contributed by atoms with Crippen LogP contribution >= 0.6 is 23.1 Å². The fraction of sp³-hybridized carbons (Fsp3) is 0.562. The van der Waals surface area contributed by atoms with E-state index in [1.54, 1.807) is 0 Å². The van der Waals surface area contributed by atoms with E-state index >= 15 is 0 Å². The van der Waals surface area contributed by atoms with Crippen LogP contribution in [0.25, 0.3) is 10.2 Å². The van der Waals surface area contributed by atoms with Gasteiger partial charge in [0.2, 0.25) is 0 Å². The summed E-state index contributed by atoms with van der Waals surface area (Å²) in [7, 11) is 0. The van der Waals surface area contributed by atoms with Crippen LogP contribution in [0.15, 0.2) is 15.3 Å². The topological polar surface area (TPSA) is 83.0 Å². The Balaban J connectivity index is 1.85. The molecule has 0 amide bonds. The van der Waals surface area contributed by atoms with Gasteiger partial charge in [-0.25, -0.2) is 9.78 Å². The van der Waals surface area contributed by atoms with Gasteiger partial charge < -0.3 is 10.1 Å². The first-order valence-corrected chi connectivity index (χ1v) is 9.87. The second-order valence-corrected chi connectivity index (χ2v) is 7.42. The fourth-order valence-corrected chi connectivity index (χ4v) is 4.22. The summed E-state index contributed by atoms with van der Waals surface area (Å²) in [5.41, 5.74) is -0.335. The molecule has 0 fully saturated rings. The molecule has 0 saturated carbocycles. The van der Waals surface area contributed by atoms with Crippen LogP contribution in [0.4, 0.5) is 0 Å². The second kappa shape index (κ2) is 9.08. The van der Waals surface area contributed by atoms with Crippen molar-refractivity contribution >= 4 is 39.3 Å². The molecule has 5 nitrogen and oxygen atoms in total. The molecule has 0 bridgehead atoms. The third-order valence-electron chi connectivity index (χ3n) is 3.64. The van der Waals surface area contributed by atoms with Crippen LogP contribution in [0.5, 0.6) is 0 Å². The summed E-state index contributed by atoms with van der Waals surface area (Å²) in [6.45, 7) is 2.22. The number of unbranched alkanes of at least 4 members (excludes halogenated alkanes) is 6. The largest absolute Gasteiger partial charge is 0.478 e. The zero-order chi connectivity index (χ0) is 16.7. The summed E-state index contributed by atoms with van der Waals surface area (Å²) in [6.07, 6.45) is 8.76. The van der Waals surface area contributed by atoms with Crippen molar-refractivity contribution in [1.82, 2.24) is 9.97 Å². The number of nitrogens with zero attached hydrogens (tertiary/aromatic N) is 1. The third kappa shape index (κ3) is 5.07. The highest BCUT2D eigenvalue weighted by atomic mass is 32.2. The number of thiophene rings is 1. The van der Waals surface area contributed by atoms with E-state index in [0.717, 1.165) is 12.2 Å². The smallest absolute Gasteiger partial charge is 0.337 e. The van der Waals surface area contributed by atoms with Gasteiger partial charge >= 0.3 is 5.97 Å². The third-order valence-corrected chi connectivity index (χ3v) is 5.47. The van der Waals surface area contributed by atoms with Crippen LogP contribution in [0, 0.1) is 0 Å². The molecule has 0 radical (unpaired) electrons. The molecule has 7 heteroatoms. The highest BCUT2D eigenvalue weighted by Crippen LogP contribution is 2.24. The summed E-state index contributed by atoms with van der Waals surface area (Å²) in [6, 6.07) is 0. The number of aromatic carboxylic acids is 1. The number of nitrogens with one attached hydrogen (secondary N) is 1. The number of hydrogen-bond acceptors (Lipinski definition) is 5. The summed E-state index contributed by atoms with van der Waals surface area (Å²) in [4.78, 5) is 30.7. The quantitative estimate of drug-likeness (QED) is 0.372. The molecule has 2 rings (SSSR count). The number of carbonyl (C=O) groups is 1. The van der Waals surface area contributed by atoms with Gasteiger partial charge in [-0.2, -0.15) is 0 Å². The minimum absolute atomic E-state index is 0.0300. The van der Waals surface area contributed by atoms with E-state index in [0.29, 0.717) is 9.99 Å². The summed E-state index contributed by atoms with van der Waals surface area (Å²) in [5.74, 6) is -0.175. The minimum Gasteiger partial charge on any atom is -0.478 e. The van der Waals surface area contributed by atoms with Gasteiger partial charge in [0.05, 0.1) is 10.9 Å². The number of thioether (sulfide) groups is 1. The molecule has 23 heavy (non-hydrogen) atoms. The van der Waals surface area contributed by atoms with E-state index in [2.05, 4.69) is 16.9 Å². The SMILES string of the molecule is CCCCCCCCCSc1nc2scc(C(=O)O)c2c(=O)[nH]1. The van der Waals surface area contributed by atoms with E-state index < -0.39 is 5.97 Å². The average Bonchev–Trinajstić information content (AvgIpc) is 2.94. The first-order valence-electron chi connectivity index (χ1n) is 8.01. The summed E-state index contributed by atoms with van der Waals surface area (Å²) < 4.78 is 0. The fourth-order valence-electron chi connectivity index (χ4n) is 2.38. The highest BCUT2D eigenvalue weighted by Gasteiger charge is 2.16. The Hall–Kier alpha value is -1.34. The number of carboxylic acid groups (broad SMARTS) is 1. The van der Waals surface area contributed by atoms with Gasteiger partial charge in [-0.15, -0.1) is 11.3 Å². The lowest BCUT2D eigenvalue weighted by molar-refractivity contribution is 0.0699. The number of aromatic nitrogens is 2. The van der Waals surface area contributed by atoms with Gasteiger partial charge in [0.1, 0.15) is 4.83 Å². The maximum Gasteiger partial charge on any atom is 0.337 e. The Kier molecular flexibility index (Phi) is 7.11. The van der Waals surface area contributed by atoms with Crippen molar-refractivity contribution in [3.63, 3.8) is 0 Å². The van der Waals surface area contributed by atoms with Gasteiger partial charge in [0.15, 0.2) is 5.16 Å². The van der Waals surface area contributed by atoms with Crippen LogP contribution in [0.2, 0.25) is 0 Å². The normalized spacial score (nSPS) is 11.2. The molecule has 0 saturated heterocycles. The Morgan fingerprint density at radius 1 is 1.26 bits per heavy atom. The number of H-pyrrole nitrogens is 1. The first kappa shape index (κ1) is 18.0. The van der Waals surface area contributed by atoms with E-state index in [9.17, 15) is 9.59 Å². The van der Waals surface area contributed by atoms with Gasteiger partial charge in [-0.1, -0.05) is 57.2 Å². The van der Waals surface area contributed by atoms with Crippen molar-refractivity contribution in [2.75, 3.05) is 5.75 Å². The van der Waals surface area contributed by atoms with Crippen molar-refractivity contribution in [1.29, 1.82) is 0 Å². The molecule has 126 valence electrons. The van der Waals surface area contributed by atoms with Crippen molar-refractivity contribution in [2.24, 2.45) is 0 Å². The molecule has 0 atom stereocenters. The maximum absolute atomic E-state index is 12.1. The molecule has 0 spiro atoms. The van der Waals surface area contributed by atoms with E-state index in [1.807, 2.05) is 0 Å². The molecule has 2 heterocycles. The van der Waals surface area contributed by atoms with E-state index in [1.165, 1.54) is 67.0 Å². The zero-order valence-electron chi connectivity index (χ0n) is 13.3. The molecule has 2 aromatic rings. The number of fused-ring (bicyclic) bond motifs is 1. The Labute approximate surface area is 143 Å². The van der Waals surface area contributed by atoms with Crippen LogP contribution in [0.1, 0.15) is 62.2 Å². The summed E-state index contributed by atoms with van der Waals surface area (Å²) >= 11 is 2.73. The number of hydrogen-bond donors (Lipinski definition) is 2. The van der Waals surface area contributed by atoms with Crippen molar-refractivity contribution in [3.8, 4) is 0 Å². The van der Waals surface area contributed by atoms with Gasteiger partial charge in [0, 0.05) is 11.1 Å². The predicted molar refractivity (Wildman–Crippen MR) is 95.9 cm³/mol. The standard InChI is InChI=1S/C16H22N2O3S2/c1-2-3-4-5-6-7-8-9-22-16-17-13(19)12-11(15(20)21)10-23-14(12)18-16/h10H,2-9H2,1H3,(H,20,21)(H,17,18,19). The molecular formula is C16H22N2O3S2. The highest BCUT2D eigenvalue weighted by molar-refractivity contribution is 7.99. The lowest BCUT2D eigenvalue weighted by atomic mass is 10.1. The molecular weight excluding hydrogens is 332 g/mol. The van der Waals surface area contributed by atoms with Crippen molar-refractivity contribution < 1.29 is 9.90 Å². The van der Waals surface area contributed by atoms with Crippen LogP contribution in [-0.4, -0.2) is 26.8 Å². The monoisotopic (exact) mass is 354 g/mol. The van der Waals surface area contributed by atoms with E-state index in [-0.39, 0.29) is 16.5 Å². The van der Waals surface area contributed by atoms with Gasteiger partial charge in [-0.3, -0.25) is 4.79 Å². The molecule has 0 unspecified atom stereocenters. The molecule has 2 aromatic heterocycles. The second-order valence-electron chi connectivity index (χ2n) is 5.48. The Morgan fingerprint density at radius 3 is 2.65 bits per heavy atom. The molecule has 0 aliphatic carbocycles. The molecule has 2 N–H and O–H groups in total. The van der Waals surface area contributed by atoms with Crippen LogP contribution < -0.4 is 5.56 Å². The molecule has 0 aliphatic heterocycles. The minimum atomic E-state index is -1.09. The zero-order valence-corrected chi connectivity index (χ0v) is 14.9. The van der Waals surface area contributed by atoms with Crippen LogP contribution in [-0.2, 0) is 0 Å². The van der Waals surface area contributed by atoms with Crippen molar-refractivity contribution in [2.45, 2.75) is 57.0 Å². The predicted octanol–water partition coefficient (Wildman–Crippen LogP) is 4.53. The number of carboxylic acids is 1. The number of aromatic amines is 1. The lowest BCUT2D eigenvalue weighted by Crippen LogP contribution is -2.11. The molecule has 0 aromatic carbocycles. The number of rotatable bonds is 10. The average molecular weight is 354 g/mol. The summed E-state index contributed by atoms with van der Waals surface area (Å²) in [5, 5.41) is 11.3. The van der Waals surface area contributed by atoms with Crippen molar-refractivity contribution in [3.05, 3.63) is 21.3 Å². The Bertz CT molecular complexity index is 709. The Morgan fingerprint density at radius 2 is 1.96 bits per heavy atom. The first-order chi connectivity index (χ1) is 11.1.